The molecular formula is C11H13. The van der Waals surface area contributed by atoms with E-state index in [4.69, 9.17) is 0 Å². The summed E-state index contributed by atoms with van der Waals surface area (Å²) in [6.07, 6.45) is 2.76. The number of rotatable bonds is 1. The lowest BCUT2D eigenvalue weighted by atomic mass is 10.0. The van der Waals surface area contributed by atoms with Crippen LogP contribution >= 0.6 is 0 Å². The molecule has 0 aromatic heterocycles. The summed E-state index contributed by atoms with van der Waals surface area (Å²) in [7, 11) is 0. The fourth-order valence-corrected chi connectivity index (χ4v) is 1.52. The third-order valence-electron chi connectivity index (χ3n) is 2.36. The third kappa shape index (κ3) is 1.30. The summed E-state index contributed by atoms with van der Waals surface area (Å²) in [5.41, 5.74) is 4.11. The average molecular weight is 145 g/mol. The Morgan fingerprint density at radius 3 is 2.73 bits per heavy atom. The molecule has 0 saturated heterocycles. The molecule has 0 spiro atoms. The van der Waals surface area contributed by atoms with E-state index < -0.39 is 0 Å². The van der Waals surface area contributed by atoms with Crippen molar-refractivity contribution in [1.29, 1.82) is 0 Å². The van der Waals surface area contributed by atoms with E-state index in [0.717, 1.165) is 11.5 Å². The van der Waals surface area contributed by atoms with Gasteiger partial charge in [-0.05, 0) is 49.3 Å². The van der Waals surface area contributed by atoms with E-state index >= 15 is 0 Å². The summed E-state index contributed by atoms with van der Waals surface area (Å²) >= 11 is 0. The van der Waals surface area contributed by atoms with Gasteiger partial charge < -0.3 is 0 Å². The summed E-state index contributed by atoms with van der Waals surface area (Å²) in [6.45, 7) is 6.12. The molecule has 11 heavy (non-hydrogen) atoms. The van der Waals surface area contributed by atoms with E-state index in [9.17, 15) is 0 Å². The summed E-state index contributed by atoms with van der Waals surface area (Å²) in [6, 6.07) is 6.49. The minimum Gasteiger partial charge on any atom is -0.0588 e. The van der Waals surface area contributed by atoms with Crippen LogP contribution in [0, 0.1) is 13.8 Å². The van der Waals surface area contributed by atoms with Crippen molar-refractivity contribution in [2.75, 3.05) is 0 Å². The maximum absolute atomic E-state index is 3.93. The van der Waals surface area contributed by atoms with Gasteiger partial charge in [-0.2, -0.15) is 0 Å². The normalized spacial score (nSPS) is 16.9. The molecule has 0 amide bonds. The van der Waals surface area contributed by atoms with Gasteiger partial charge in [0.25, 0.3) is 0 Å². The lowest BCUT2D eigenvalue weighted by Gasteiger charge is -2.03. The highest BCUT2D eigenvalue weighted by Crippen LogP contribution is 2.41. The monoisotopic (exact) mass is 145 g/mol. The Hall–Kier alpha value is -0.780. The van der Waals surface area contributed by atoms with Crippen molar-refractivity contribution < 1.29 is 0 Å². The molecule has 57 valence electrons. The van der Waals surface area contributed by atoms with Crippen LogP contribution in [0.15, 0.2) is 18.2 Å². The number of hydrogen-bond acceptors (Lipinski definition) is 0. The highest BCUT2D eigenvalue weighted by molar-refractivity contribution is 5.36. The van der Waals surface area contributed by atoms with Crippen LogP contribution in [0.25, 0.3) is 0 Å². The first-order valence-electron chi connectivity index (χ1n) is 4.20. The van der Waals surface area contributed by atoms with Gasteiger partial charge in [0, 0.05) is 0 Å². The van der Waals surface area contributed by atoms with E-state index in [-0.39, 0.29) is 0 Å². The van der Waals surface area contributed by atoms with Crippen LogP contribution in [-0.2, 0) is 0 Å². The van der Waals surface area contributed by atoms with E-state index in [0.29, 0.717) is 0 Å². The van der Waals surface area contributed by atoms with E-state index in [2.05, 4.69) is 32.0 Å². The highest BCUT2D eigenvalue weighted by Gasteiger charge is 2.24. The largest absolute Gasteiger partial charge is 0.0588 e. The van der Waals surface area contributed by atoms with E-state index in [1.54, 1.807) is 0 Å². The fraction of sp³-hybridized carbons (Fsp3) is 0.364. The Labute approximate surface area is 68.3 Å². The molecule has 0 aliphatic heterocycles. The molecule has 1 aliphatic rings. The van der Waals surface area contributed by atoms with Crippen molar-refractivity contribution in [1.82, 2.24) is 0 Å². The molecule has 0 atom stereocenters. The molecule has 1 saturated carbocycles. The van der Waals surface area contributed by atoms with Gasteiger partial charge in [0.15, 0.2) is 0 Å². The maximum Gasteiger partial charge on any atom is -0.0159 e. The smallest absolute Gasteiger partial charge is 0.0159 e. The molecule has 2 rings (SSSR count). The SMILES string of the molecule is [CH2]c1ccc(C)c(C2CC2)c1. The van der Waals surface area contributed by atoms with Crippen LogP contribution in [0.5, 0.6) is 0 Å². The van der Waals surface area contributed by atoms with Gasteiger partial charge in [-0.1, -0.05) is 18.2 Å². The highest BCUT2D eigenvalue weighted by atomic mass is 14.3. The third-order valence-corrected chi connectivity index (χ3v) is 2.36. The van der Waals surface area contributed by atoms with Crippen molar-refractivity contribution in [3.05, 3.63) is 41.8 Å². The zero-order valence-corrected chi connectivity index (χ0v) is 6.93. The molecule has 1 fully saturated rings. The van der Waals surface area contributed by atoms with Gasteiger partial charge in [0.05, 0.1) is 0 Å². The van der Waals surface area contributed by atoms with Crippen LogP contribution in [0.1, 0.15) is 35.4 Å². The maximum atomic E-state index is 3.93. The van der Waals surface area contributed by atoms with Crippen LogP contribution in [0.4, 0.5) is 0 Å². The molecule has 0 bridgehead atoms. The fourth-order valence-electron chi connectivity index (χ4n) is 1.52. The second-order valence-corrected chi connectivity index (χ2v) is 3.47. The molecule has 0 unspecified atom stereocenters. The Morgan fingerprint density at radius 1 is 1.36 bits per heavy atom. The first-order valence-corrected chi connectivity index (χ1v) is 4.20. The molecule has 0 nitrogen and oxygen atoms in total. The molecule has 0 N–H and O–H groups in total. The van der Waals surface area contributed by atoms with Gasteiger partial charge in [-0.25, -0.2) is 0 Å². The molecular weight excluding hydrogens is 132 g/mol. The van der Waals surface area contributed by atoms with Crippen molar-refractivity contribution in [3.63, 3.8) is 0 Å². The molecule has 1 aromatic carbocycles. The standard InChI is InChI=1S/C11H13/c1-8-3-4-9(2)11(7-8)10-5-6-10/h3-4,7,10H,1,5-6H2,2H3. The van der Waals surface area contributed by atoms with Crippen molar-refractivity contribution in [2.24, 2.45) is 0 Å². The quantitative estimate of drug-likeness (QED) is 0.569. The molecule has 1 aromatic rings. The minimum absolute atomic E-state index is 0.858. The van der Waals surface area contributed by atoms with Crippen LogP contribution < -0.4 is 0 Å². The Balaban J connectivity index is 2.42. The van der Waals surface area contributed by atoms with Gasteiger partial charge in [-0.15, -0.1) is 0 Å². The predicted octanol–water partition coefficient (Wildman–Crippen LogP) is 3.05. The molecule has 1 radical (unpaired) electrons. The van der Waals surface area contributed by atoms with Crippen molar-refractivity contribution in [2.45, 2.75) is 25.7 Å². The van der Waals surface area contributed by atoms with Gasteiger partial charge >= 0.3 is 0 Å². The average Bonchev–Trinajstić information content (AvgIpc) is 2.76. The van der Waals surface area contributed by atoms with E-state index in [1.165, 1.54) is 24.0 Å². The first kappa shape index (κ1) is 6.90. The zero-order valence-electron chi connectivity index (χ0n) is 6.93. The topological polar surface area (TPSA) is 0 Å². The Morgan fingerprint density at radius 2 is 2.09 bits per heavy atom. The predicted molar refractivity (Wildman–Crippen MR) is 47.6 cm³/mol. The Bertz CT molecular complexity index is 269. The minimum atomic E-state index is 0.858. The zero-order chi connectivity index (χ0) is 7.84. The van der Waals surface area contributed by atoms with Crippen LogP contribution in [0.2, 0.25) is 0 Å². The van der Waals surface area contributed by atoms with E-state index in [1.807, 2.05) is 0 Å². The second-order valence-electron chi connectivity index (χ2n) is 3.47. The van der Waals surface area contributed by atoms with Gasteiger partial charge in [-0.3, -0.25) is 0 Å². The summed E-state index contributed by atoms with van der Waals surface area (Å²) < 4.78 is 0. The lowest BCUT2D eigenvalue weighted by molar-refractivity contribution is 1.09. The van der Waals surface area contributed by atoms with Crippen molar-refractivity contribution >= 4 is 0 Å². The van der Waals surface area contributed by atoms with Crippen molar-refractivity contribution in [3.8, 4) is 0 Å². The number of benzene rings is 1. The summed E-state index contributed by atoms with van der Waals surface area (Å²) in [5, 5.41) is 0. The lowest BCUT2D eigenvalue weighted by Crippen LogP contribution is -1.86. The van der Waals surface area contributed by atoms with Crippen LogP contribution in [-0.4, -0.2) is 0 Å². The van der Waals surface area contributed by atoms with Gasteiger partial charge in [0.1, 0.15) is 0 Å². The second kappa shape index (κ2) is 2.37. The van der Waals surface area contributed by atoms with Gasteiger partial charge in [0.2, 0.25) is 0 Å². The van der Waals surface area contributed by atoms with Crippen LogP contribution in [0.3, 0.4) is 0 Å². The summed E-state index contributed by atoms with van der Waals surface area (Å²) in [5.74, 6) is 0.858. The molecule has 0 heterocycles. The number of hydrogen-bond donors (Lipinski definition) is 0. The summed E-state index contributed by atoms with van der Waals surface area (Å²) in [4.78, 5) is 0. The first-order chi connectivity index (χ1) is 5.27. The number of aryl methyl sites for hydroxylation is 1. The Kier molecular flexibility index (Phi) is 1.49. The molecule has 0 heteroatoms. The molecule has 1 aliphatic carbocycles.